The molecule has 0 spiro atoms. The summed E-state index contributed by atoms with van der Waals surface area (Å²) in [5, 5.41) is 0. The summed E-state index contributed by atoms with van der Waals surface area (Å²) in [6, 6.07) is 0. The van der Waals surface area contributed by atoms with Crippen molar-refractivity contribution in [2.24, 2.45) is 0 Å². The monoisotopic (exact) mass is 566 g/mol. The van der Waals surface area contributed by atoms with Crippen LogP contribution in [0.3, 0.4) is 0 Å². The van der Waals surface area contributed by atoms with E-state index in [2.05, 4.69) is 13.8 Å². The molecule has 0 unspecified atom stereocenters. The molecule has 0 N–H and O–H groups in total. The number of rotatable bonds is 30. The topological polar surface area (TPSA) is 17.1 Å². The molecular weight excluding hydrogens is 501 g/mol. The minimum absolute atomic E-state index is 0.325. The van der Waals surface area contributed by atoms with Gasteiger partial charge in [0.2, 0.25) is 0 Å². The summed E-state index contributed by atoms with van der Waals surface area (Å²) >= 11 is 3.10. The minimum Gasteiger partial charge on any atom is -0.265 e. The third-order valence-corrected chi connectivity index (χ3v) is 10.6. The summed E-state index contributed by atoms with van der Waals surface area (Å²) in [6.45, 7) is 4.59. The lowest BCUT2D eigenvalue weighted by Gasteiger charge is -2.05. The van der Waals surface area contributed by atoms with E-state index in [4.69, 9.17) is 0 Å². The first kappa shape index (κ1) is 35.9. The molecule has 0 saturated carbocycles. The quantitative estimate of drug-likeness (QED) is 0.0846. The molecule has 0 saturated heterocycles. The molecule has 0 aromatic carbocycles. The van der Waals surface area contributed by atoms with E-state index in [9.17, 15) is 4.79 Å². The molecule has 1 aromatic heterocycles. The van der Waals surface area contributed by atoms with Crippen LogP contribution >= 0.6 is 22.7 Å². The number of hydrogen-bond acceptors (Lipinski definition) is 3. The maximum atomic E-state index is 12.0. The molecule has 1 heterocycles. The first-order valence-electron chi connectivity index (χ1n) is 17.4. The van der Waals surface area contributed by atoms with Crippen molar-refractivity contribution in [1.82, 2.24) is 0 Å². The van der Waals surface area contributed by atoms with Gasteiger partial charge in [-0.05, 0) is 25.7 Å². The predicted molar refractivity (Wildman–Crippen MR) is 176 cm³/mol. The molecule has 224 valence electrons. The average molecular weight is 567 g/mol. The summed E-state index contributed by atoms with van der Waals surface area (Å²) < 4.78 is 0.325. The molecule has 0 bridgehead atoms. The van der Waals surface area contributed by atoms with E-state index in [1.165, 1.54) is 190 Å². The van der Waals surface area contributed by atoms with Gasteiger partial charge in [0.15, 0.2) is 0 Å². The van der Waals surface area contributed by atoms with Crippen LogP contribution in [0.15, 0.2) is 4.79 Å². The van der Waals surface area contributed by atoms with Crippen molar-refractivity contribution in [3.8, 4) is 0 Å². The molecule has 1 rings (SSSR count). The fourth-order valence-corrected chi connectivity index (χ4v) is 8.02. The summed E-state index contributed by atoms with van der Waals surface area (Å²) in [6.07, 6.45) is 41.8. The highest BCUT2D eigenvalue weighted by Crippen LogP contribution is 2.23. The highest BCUT2D eigenvalue weighted by Gasteiger charge is 2.09. The summed E-state index contributed by atoms with van der Waals surface area (Å²) in [5.74, 6) is 0. The van der Waals surface area contributed by atoms with Gasteiger partial charge >= 0.3 is 0 Å². The molecule has 0 amide bonds. The van der Waals surface area contributed by atoms with Gasteiger partial charge < -0.3 is 0 Å². The maximum absolute atomic E-state index is 12.0. The van der Waals surface area contributed by atoms with E-state index in [0.29, 0.717) is 4.06 Å². The van der Waals surface area contributed by atoms with Gasteiger partial charge in [0, 0.05) is 9.75 Å². The lowest BCUT2D eigenvalue weighted by Crippen LogP contribution is -1.90. The van der Waals surface area contributed by atoms with Gasteiger partial charge in [-0.3, -0.25) is 4.79 Å². The Morgan fingerprint density at radius 1 is 0.342 bits per heavy atom. The Kier molecular flexibility index (Phi) is 26.8. The normalized spacial score (nSPS) is 11.5. The van der Waals surface area contributed by atoms with E-state index in [1.54, 1.807) is 22.7 Å². The number of aryl methyl sites for hydroxylation is 2. The summed E-state index contributed by atoms with van der Waals surface area (Å²) in [4.78, 5) is 14.9. The lowest BCUT2D eigenvalue weighted by molar-refractivity contribution is 0.534. The van der Waals surface area contributed by atoms with E-state index in [0.717, 1.165) is 12.8 Å². The highest BCUT2D eigenvalue weighted by molar-refractivity contribution is 7.27. The second-order valence-corrected chi connectivity index (χ2v) is 14.4. The molecule has 38 heavy (non-hydrogen) atoms. The lowest BCUT2D eigenvalue weighted by atomic mass is 10.0. The van der Waals surface area contributed by atoms with Gasteiger partial charge in [-0.1, -0.05) is 203 Å². The van der Waals surface area contributed by atoms with E-state index >= 15 is 0 Å². The van der Waals surface area contributed by atoms with Crippen molar-refractivity contribution < 1.29 is 0 Å². The van der Waals surface area contributed by atoms with Crippen molar-refractivity contribution in [3.63, 3.8) is 0 Å². The van der Waals surface area contributed by atoms with Crippen LogP contribution in [0, 0.1) is 0 Å². The Balaban J connectivity index is 1.92. The van der Waals surface area contributed by atoms with E-state index in [1.807, 2.05) is 0 Å². The Hall–Kier alpha value is -0.150. The summed E-state index contributed by atoms with van der Waals surface area (Å²) in [5.41, 5.74) is 0. The first-order chi connectivity index (χ1) is 18.8. The zero-order valence-corrected chi connectivity index (χ0v) is 27.6. The van der Waals surface area contributed by atoms with E-state index in [-0.39, 0.29) is 0 Å². The Labute approximate surface area is 247 Å². The van der Waals surface area contributed by atoms with Crippen molar-refractivity contribution in [2.45, 2.75) is 206 Å². The fourth-order valence-electron chi connectivity index (χ4n) is 5.68. The van der Waals surface area contributed by atoms with Crippen molar-refractivity contribution in [2.75, 3.05) is 0 Å². The van der Waals surface area contributed by atoms with Crippen LogP contribution in [0.1, 0.15) is 203 Å². The van der Waals surface area contributed by atoms with Gasteiger partial charge in [0.05, 0.1) is 0 Å². The third kappa shape index (κ3) is 22.6. The molecule has 1 nitrogen and oxygen atoms in total. The van der Waals surface area contributed by atoms with Crippen LogP contribution in [0.2, 0.25) is 0 Å². The van der Waals surface area contributed by atoms with Crippen LogP contribution in [-0.2, 0) is 12.8 Å². The zero-order chi connectivity index (χ0) is 27.4. The molecule has 3 heteroatoms. The van der Waals surface area contributed by atoms with Gasteiger partial charge in [-0.2, -0.15) is 0 Å². The van der Waals surface area contributed by atoms with Crippen LogP contribution in [0.25, 0.3) is 0 Å². The van der Waals surface area contributed by atoms with Crippen LogP contribution < -0.4 is 4.06 Å². The minimum atomic E-state index is 0.325. The largest absolute Gasteiger partial charge is 0.287 e. The standard InChI is InChI=1S/C35H66OS2/c1-3-5-7-9-11-13-15-17-19-21-23-25-27-29-31-33-34(38-35(36)37-33)32-30-28-26-24-22-20-18-16-14-12-10-8-6-4-2/h3-32H2,1-2H3. The molecule has 0 fully saturated rings. The average Bonchev–Trinajstić information content (AvgIpc) is 3.27. The number of unbranched alkanes of at least 4 members (excludes halogenated alkanes) is 26. The molecular formula is C35H66OS2. The second-order valence-electron chi connectivity index (χ2n) is 12.0. The zero-order valence-electron chi connectivity index (χ0n) is 25.9. The smallest absolute Gasteiger partial charge is 0.265 e. The van der Waals surface area contributed by atoms with Crippen molar-refractivity contribution in [1.29, 1.82) is 0 Å². The van der Waals surface area contributed by atoms with Gasteiger partial charge in [0.25, 0.3) is 4.06 Å². The first-order valence-corrected chi connectivity index (χ1v) is 19.0. The fraction of sp³-hybridized carbons (Fsp3) is 0.914. The molecule has 0 aliphatic carbocycles. The van der Waals surface area contributed by atoms with Crippen LogP contribution in [0.4, 0.5) is 0 Å². The summed E-state index contributed by atoms with van der Waals surface area (Å²) in [7, 11) is 0. The third-order valence-electron chi connectivity index (χ3n) is 8.24. The molecule has 1 aromatic rings. The van der Waals surface area contributed by atoms with Gasteiger partial charge in [-0.25, -0.2) is 0 Å². The Morgan fingerprint density at radius 2 is 0.553 bits per heavy atom. The van der Waals surface area contributed by atoms with Crippen molar-refractivity contribution in [3.05, 3.63) is 18.6 Å². The SMILES string of the molecule is CCCCCCCCCCCCCCCCc1sc(=O)sc1CCCCCCCCCCCCCCCC. The number of hydrogen-bond donors (Lipinski definition) is 0. The maximum Gasteiger partial charge on any atom is 0.287 e. The van der Waals surface area contributed by atoms with Crippen LogP contribution in [0.5, 0.6) is 0 Å². The van der Waals surface area contributed by atoms with Crippen molar-refractivity contribution >= 4 is 22.7 Å². The van der Waals surface area contributed by atoms with E-state index < -0.39 is 0 Å². The molecule has 0 atom stereocenters. The second kappa shape index (κ2) is 28.4. The predicted octanol–water partition coefficient (Wildman–Crippen LogP) is 13.2. The highest BCUT2D eigenvalue weighted by atomic mass is 32.2. The Bertz CT molecular complexity index is 594. The van der Waals surface area contributed by atoms with Gasteiger partial charge in [0.1, 0.15) is 0 Å². The Morgan fingerprint density at radius 3 is 0.789 bits per heavy atom. The van der Waals surface area contributed by atoms with Crippen LogP contribution in [-0.4, -0.2) is 0 Å². The molecule has 0 aliphatic rings. The molecule has 0 aliphatic heterocycles. The van der Waals surface area contributed by atoms with Gasteiger partial charge in [-0.15, -0.1) is 0 Å². The molecule has 0 radical (unpaired) electrons.